The van der Waals surface area contributed by atoms with E-state index in [1.165, 1.54) is 29.5 Å². The maximum atomic E-state index is 4.69. The number of hydrogen-bond donors (Lipinski definition) is 2. The Morgan fingerprint density at radius 3 is 2.84 bits per heavy atom. The van der Waals surface area contributed by atoms with Crippen LogP contribution in [-0.4, -0.2) is 26.9 Å². The van der Waals surface area contributed by atoms with E-state index in [-0.39, 0.29) is 11.6 Å². The maximum Gasteiger partial charge on any atom is 0.153 e. The van der Waals surface area contributed by atoms with Crippen LogP contribution in [0.4, 0.5) is 11.5 Å². The van der Waals surface area contributed by atoms with Crippen LogP contribution < -0.4 is 4.90 Å². The molecule has 1 saturated carbocycles. The first-order chi connectivity index (χ1) is 12.1. The Bertz CT molecular complexity index is 973. The Hall–Kier alpha value is -2.56. The fraction of sp³-hybridized carbons (Fsp3) is 0.400. The van der Waals surface area contributed by atoms with Crippen molar-refractivity contribution in [3.05, 3.63) is 41.7 Å². The summed E-state index contributed by atoms with van der Waals surface area (Å²) in [5, 5.41) is 9.03. The number of aliphatic imine (C=N–C) groups is 1. The first kappa shape index (κ1) is 14.8. The molecule has 1 aromatic carbocycles. The smallest absolute Gasteiger partial charge is 0.153 e. The van der Waals surface area contributed by atoms with Crippen LogP contribution in [-0.2, 0) is 0 Å². The standard InChI is InChI=1S/C20H23N5/c1-12-4-7-14-15(10-12)23-24-18(14)17-11-22-19-16(8-9-21-19)25(17)20(2,3)13-5-6-13/h4,7-11,13,17,21H,5-6H2,1-3H3,(H,23,24). The Morgan fingerprint density at radius 2 is 2.04 bits per heavy atom. The van der Waals surface area contributed by atoms with Crippen molar-refractivity contribution in [3.63, 3.8) is 0 Å². The molecule has 5 rings (SSSR count). The zero-order valence-corrected chi connectivity index (χ0v) is 14.9. The molecular formula is C20H23N5. The van der Waals surface area contributed by atoms with Gasteiger partial charge in [0.2, 0.25) is 0 Å². The van der Waals surface area contributed by atoms with Gasteiger partial charge < -0.3 is 9.88 Å². The molecular weight excluding hydrogens is 310 g/mol. The molecule has 1 unspecified atom stereocenters. The number of anilines is 1. The molecule has 1 aliphatic carbocycles. The van der Waals surface area contributed by atoms with E-state index in [1.54, 1.807) is 0 Å². The van der Waals surface area contributed by atoms with Crippen molar-refractivity contribution >= 4 is 28.6 Å². The third kappa shape index (κ3) is 2.15. The minimum Gasteiger partial charge on any atom is -0.349 e. The van der Waals surface area contributed by atoms with Crippen molar-refractivity contribution in [2.45, 2.75) is 45.2 Å². The molecule has 2 N–H and O–H groups in total. The van der Waals surface area contributed by atoms with Crippen molar-refractivity contribution in [1.82, 2.24) is 15.2 Å². The third-order valence-corrected chi connectivity index (χ3v) is 5.82. The molecule has 2 aliphatic rings. The van der Waals surface area contributed by atoms with Gasteiger partial charge in [0.05, 0.1) is 16.9 Å². The highest BCUT2D eigenvalue weighted by Crippen LogP contribution is 2.50. The lowest BCUT2D eigenvalue weighted by atomic mass is 9.91. The highest BCUT2D eigenvalue weighted by molar-refractivity contribution is 5.91. The molecule has 3 aromatic rings. The number of H-pyrrole nitrogens is 2. The number of nitrogens with one attached hydrogen (secondary N) is 2. The minimum absolute atomic E-state index is 0.0617. The normalized spacial score (nSPS) is 20.3. The Labute approximate surface area is 147 Å². The zero-order chi connectivity index (χ0) is 17.2. The third-order valence-electron chi connectivity index (χ3n) is 5.82. The number of aromatic amines is 2. The SMILES string of the molecule is Cc1ccc2c(C3C=Nc4[nH]ccc4N3C(C)(C)C3CC3)[nH]nc2c1. The molecule has 0 spiro atoms. The topological polar surface area (TPSA) is 60.1 Å². The summed E-state index contributed by atoms with van der Waals surface area (Å²) in [6, 6.07) is 8.66. The summed E-state index contributed by atoms with van der Waals surface area (Å²) in [5.41, 5.74) is 4.62. The van der Waals surface area contributed by atoms with Gasteiger partial charge in [-0.25, -0.2) is 4.99 Å². The van der Waals surface area contributed by atoms with Crippen molar-refractivity contribution < 1.29 is 0 Å². The fourth-order valence-corrected chi connectivity index (χ4v) is 4.24. The van der Waals surface area contributed by atoms with E-state index in [0.717, 1.165) is 22.9 Å². The summed E-state index contributed by atoms with van der Waals surface area (Å²) in [6.07, 6.45) is 6.64. The lowest BCUT2D eigenvalue weighted by Gasteiger charge is -2.45. The van der Waals surface area contributed by atoms with Gasteiger partial charge in [0.25, 0.3) is 0 Å². The summed E-state index contributed by atoms with van der Waals surface area (Å²) in [6.45, 7) is 6.82. The van der Waals surface area contributed by atoms with Gasteiger partial charge in [-0.3, -0.25) is 5.10 Å². The Kier molecular flexibility index (Phi) is 2.94. The van der Waals surface area contributed by atoms with E-state index in [1.807, 2.05) is 6.20 Å². The second-order valence-electron chi connectivity index (χ2n) is 7.89. The van der Waals surface area contributed by atoms with Gasteiger partial charge in [-0.05, 0) is 57.2 Å². The molecule has 0 radical (unpaired) electrons. The fourth-order valence-electron chi connectivity index (χ4n) is 4.24. The van der Waals surface area contributed by atoms with E-state index >= 15 is 0 Å². The molecule has 5 heteroatoms. The van der Waals surface area contributed by atoms with Gasteiger partial charge in [-0.15, -0.1) is 0 Å². The number of aryl methyl sites for hydroxylation is 1. The summed E-state index contributed by atoms with van der Waals surface area (Å²) in [4.78, 5) is 10.5. The average Bonchev–Trinajstić information content (AvgIpc) is 3.22. The Balaban J connectivity index is 1.68. The highest BCUT2D eigenvalue weighted by Gasteiger charge is 2.46. The molecule has 1 atom stereocenters. The molecule has 0 saturated heterocycles. The summed E-state index contributed by atoms with van der Waals surface area (Å²) in [5.74, 6) is 1.67. The van der Waals surface area contributed by atoms with Crippen LogP contribution in [0.25, 0.3) is 10.9 Å². The van der Waals surface area contributed by atoms with Crippen molar-refractivity contribution in [2.75, 3.05) is 4.90 Å². The predicted octanol–water partition coefficient (Wildman–Crippen LogP) is 4.65. The number of aromatic nitrogens is 3. The first-order valence-electron chi connectivity index (χ1n) is 9.01. The van der Waals surface area contributed by atoms with E-state index < -0.39 is 0 Å². The zero-order valence-electron chi connectivity index (χ0n) is 14.9. The van der Waals surface area contributed by atoms with E-state index in [2.05, 4.69) is 76.3 Å². The van der Waals surface area contributed by atoms with Crippen molar-refractivity contribution in [3.8, 4) is 0 Å². The molecule has 3 heterocycles. The van der Waals surface area contributed by atoms with Gasteiger partial charge in [-0.1, -0.05) is 12.1 Å². The van der Waals surface area contributed by atoms with Crippen LogP contribution in [0.3, 0.4) is 0 Å². The van der Waals surface area contributed by atoms with Gasteiger partial charge >= 0.3 is 0 Å². The van der Waals surface area contributed by atoms with Gasteiger partial charge in [0.15, 0.2) is 5.82 Å². The van der Waals surface area contributed by atoms with Crippen molar-refractivity contribution in [2.24, 2.45) is 10.9 Å². The highest BCUT2D eigenvalue weighted by atomic mass is 15.3. The number of fused-ring (bicyclic) bond motifs is 2. The second-order valence-corrected chi connectivity index (χ2v) is 7.89. The Morgan fingerprint density at radius 1 is 1.20 bits per heavy atom. The van der Waals surface area contributed by atoms with Crippen LogP contribution in [0.15, 0.2) is 35.5 Å². The first-order valence-corrected chi connectivity index (χ1v) is 9.01. The van der Waals surface area contributed by atoms with E-state index in [9.17, 15) is 0 Å². The van der Waals surface area contributed by atoms with Crippen LogP contribution in [0.1, 0.15) is 44.0 Å². The van der Waals surface area contributed by atoms with Gasteiger partial charge in [-0.2, -0.15) is 5.10 Å². The quantitative estimate of drug-likeness (QED) is 0.733. The molecule has 1 fully saturated rings. The van der Waals surface area contributed by atoms with Gasteiger partial charge in [0, 0.05) is 23.3 Å². The second kappa shape index (κ2) is 4.97. The largest absolute Gasteiger partial charge is 0.349 e. The maximum absolute atomic E-state index is 4.69. The van der Waals surface area contributed by atoms with Crippen LogP contribution >= 0.6 is 0 Å². The molecule has 2 aromatic heterocycles. The average molecular weight is 333 g/mol. The minimum atomic E-state index is 0.0617. The molecule has 128 valence electrons. The lowest BCUT2D eigenvalue weighted by Crippen LogP contribution is -2.49. The molecule has 25 heavy (non-hydrogen) atoms. The monoisotopic (exact) mass is 333 g/mol. The number of benzene rings is 1. The molecule has 1 aliphatic heterocycles. The molecule has 0 bridgehead atoms. The van der Waals surface area contributed by atoms with E-state index in [4.69, 9.17) is 0 Å². The molecule has 5 nitrogen and oxygen atoms in total. The number of nitrogens with zero attached hydrogens (tertiary/aromatic N) is 3. The van der Waals surface area contributed by atoms with Gasteiger partial charge in [0.1, 0.15) is 6.04 Å². The van der Waals surface area contributed by atoms with Crippen LogP contribution in [0.5, 0.6) is 0 Å². The van der Waals surface area contributed by atoms with Crippen LogP contribution in [0, 0.1) is 12.8 Å². The summed E-state index contributed by atoms with van der Waals surface area (Å²) < 4.78 is 0. The summed E-state index contributed by atoms with van der Waals surface area (Å²) in [7, 11) is 0. The number of hydrogen-bond acceptors (Lipinski definition) is 3. The number of rotatable bonds is 3. The molecule has 0 amide bonds. The van der Waals surface area contributed by atoms with Crippen LogP contribution in [0.2, 0.25) is 0 Å². The van der Waals surface area contributed by atoms with Crippen molar-refractivity contribution in [1.29, 1.82) is 0 Å². The van der Waals surface area contributed by atoms with E-state index in [0.29, 0.717) is 0 Å². The lowest BCUT2D eigenvalue weighted by molar-refractivity contribution is 0.391. The summed E-state index contributed by atoms with van der Waals surface area (Å²) >= 11 is 0. The predicted molar refractivity (Wildman–Crippen MR) is 102 cm³/mol.